The first kappa shape index (κ1) is 20.8. The number of aryl methyl sites for hydroxylation is 3. The number of hydrogen-bond donors (Lipinski definition) is 0. The fourth-order valence-corrected chi connectivity index (χ4v) is 5.58. The van der Waals surface area contributed by atoms with Crippen LogP contribution in [0.4, 0.5) is 0 Å². The van der Waals surface area contributed by atoms with Crippen LogP contribution in [0.3, 0.4) is 0 Å². The Kier molecular flexibility index (Phi) is 5.51. The number of aromatic nitrogens is 1. The van der Waals surface area contributed by atoms with Crippen molar-refractivity contribution in [1.29, 1.82) is 0 Å². The van der Waals surface area contributed by atoms with E-state index in [0.29, 0.717) is 23.6 Å². The zero-order valence-electron chi connectivity index (χ0n) is 18.2. The topological polar surface area (TPSA) is 66.8 Å². The van der Waals surface area contributed by atoms with Crippen molar-refractivity contribution >= 4 is 23.1 Å². The van der Waals surface area contributed by atoms with Crippen molar-refractivity contribution in [1.82, 2.24) is 4.57 Å². The summed E-state index contributed by atoms with van der Waals surface area (Å²) < 4.78 is 19.3. The summed E-state index contributed by atoms with van der Waals surface area (Å²) >= 11 is 1.49. The van der Waals surface area contributed by atoms with Crippen molar-refractivity contribution < 1.29 is 23.8 Å². The summed E-state index contributed by atoms with van der Waals surface area (Å²) in [7, 11) is 0. The highest BCUT2D eigenvalue weighted by atomic mass is 32.1. The van der Waals surface area contributed by atoms with Gasteiger partial charge in [0.05, 0.1) is 6.54 Å². The van der Waals surface area contributed by atoms with Crippen LogP contribution in [0.1, 0.15) is 48.3 Å². The van der Waals surface area contributed by atoms with Gasteiger partial charge in [0.25, 0.3) is 0 Å². The number of carbonyl (C=O) groups is 2. The lowest BCUT2D eigenvalue weighted by Gasteiger charge is -2.27. The van der Waals surface area contributed by atoms with Crippen molar-refractivity contribution in [3.63, 3.8) is 0 Å². The van der Waals surface area contributed by atoms with Crippen molar-refractivity contribution in [2.75, 3.05) is 13.2 Å². The van der Waals surface area contributed by atoms with Crippen LogP contribution in [0.5, 0.6) is 11.5 Å². The predicted octanol–water partition coefficient (Wildman–Crippen LogP) is 4.53. The number of carbonyl (C=O) groups excluding carboxylic acids is 2. The number of para-hydroxylation sites is 2. The Bertz CT molecular complexity index is 1170. The first-order valence-electron chi connectivity index (χ1n) is 10.9. The van der Waals surface area contributed by atoms with Gasteiger partial charge in [-0.25, -0.2) is 4.79 Å². The van der Waals surface area contributed by atoms with Crippen LogP contribution >= 0.6 is 11.3 Å². The van der Waals surface area contributed by atoms with E-state index in [1.165, 1.54) is 21.8 Å². The molecule has 1 aliphatic carbocycles. The zero-order chi connectivity index (χ0) is 22.2. The average Bonchev–Trinajstić information content (AvgIpc) is 3.47. The van der Waals surface area contributed by atoms with Crippen LogP contribution in [-0.4, -0.2) is 35.6 Å². The third kappa shape index (κ3) is 3.93. The molecule has 6 nitrogen and oxygen atoms in total. The second-order valence-corrected chi connectivity index (χ2v) is 9.44. The summed E-state index contributed by atoms with van der Waals surface area (Å²) in [4.78, 5) is 27.1. The van der Waals surface area contributed by atoms with Crippen molar-refractivity contribution in [3.8, 4) is 11.5 Å². The fourth-order valence-electron chi connectivity index (χ4n) is 4.43. The van der Waals surface area contributed by atoms with Gasteiger partial charge in [-0.1, -0.05) is 12.1 Å². The van der Waals surface area contributed by atoms with Gasteiger partial charge in [0.2, 0.25) is 5.78 Å². The highest BCUT2D eigenvalue weighted by molar-refractivity contribution is 7.14. The molecular weight excluding hydrogens is 426 g/mol. The first-order valence-corrected chi connectivity index (χ1v) is 11.7. The van der Waals surface area contributed by atoms with Crippen LogP contribution < -0.4 is 9.47 Å². The molecular formula is C25H25NO5S. The molecule has 7 heteroatoms. The maximum Gasteiger partial charge on any atom is 0.348 e. The van der Waals surface area contributed by atoms with E-state index in [1.807, 2.05) is 50.2 Å². The minimum Gasteiger partial charge on any atom is -0.486 e. The van der Waals surface area contributed by atoms with Gasteiger partial charge < -0.3 is 18.8 Å². The highest BCUT2D eigenvalue weighted by Gasteiger charge is 2.25. The number of hydrogen-bond acceptors (Lipinski definition) is 6. The number of ether oxygens (including phenoxy) is 3. The number of rotatable bonds is 6. The van der Waals surface area contributed by atoms with Crippen molar-refractivity contribution in [2.45, 2.75) is 45.8 Å². The molecule has 0 N–H and O–H groups in total. The molecule has 0 spiro atoms. The molecule has 0 amide bonds. The number of fused-ring (bicyclic) bond motifs is 2. The van der Waals surface area contributed by atoms with Gasteiger partial charge in [0.1, 0.15) is 11.5 Å². The minimum absolute atomic E-state index is 0.156. The molecule has 0 bridgehead atoms. The second kappa shape index (κ2) is 8.47. The average molecular weight is 452 g/mol. The summed E-state index contributed by atoms with van der Waals surface area (Å²) in [6.07, 6.45) is 3.04. The number of Topliss-reactive ketones (excluding diaryl/α,β-unsaturated/α-hetero) is 1. The van der Waals surface area contributed by atoms with E-state index >= 15 is 0 Å². The number of nitrogens with zero attached hydrogens (tertiary/aromatic N) is 1. The Morgan fingerprint density at radius 2 is 1.97 bits per heavy atom. The number of benzene rings is 1. The molecule has 2 aliphatic rings. The summed E-state index contributed by atoms with van der Waals surface area (Å²) in [5.74, 6) is 0.860. The van der Waals surface area contributed by atoms with Crippen LogP contribution in [0.2, 0.25) is 0 Å². The quantitative estimate of drug-likeness (QED) is 0.407. The van der Waals surface area contributed by atoms with E-state index in [9.17, 15) is 9.59 Å². The molecule has 0 radical (unpaired) electrons. The standard InChI is InChI=1S/C25H25NO5S/c1-15-10-19(20(27)14-30-25(28)24-11-17-6-5-9-23(17)32-24)16(2)26(15)12-18-13-29-21-7-3-4-8-22(21)31-18/h3-4,7-8,10-11,18H,5-6,9,12-14H2,1-2H3. The zero-order valence-corrected chi connectivity index (χ0v) is 19.0. The fraction of sp³-hybridized carbons (Fsp3) is 0.360. The Morgan fingerprint density at radius 3 is 2.78 bits per heavy atom. The monoisotopic (exact) mass is 451 g/mol. The molecule has 166 valence electrons. The maximum atomic E-state index is 12.8. The molecule has 5 rings (SSSR count). The molecule has 1 aliphatic heterocycles. The summed E-state index contributed by atoms with van der Waals surface area (Å²) in [5, 5.41) is 0. The molecule has 2 aromatic heterocycles. The minimum atomic E-state index is -0.419. The molecule has 1 unspecified atom stereocenters. The van der Waals surface area contributed by atoms with Gasteiger partial charge in [0.15, 0.2) is 24.2 Å². The predicted molar refractivity (Wildman–Crippen MR) is 121 cm³/mol. The van der Waals surface area contributed by atoms with E-state index < -0.39 is 5.97 Å². The highest BCUT2D eigenvalue weighted by Crippen LogP contribution is 2.32. The summed E-state index contributed by atoms with van der Waals surface area (Å²) in [5.41, 5.74) is 3.60. The van der Waals surface area contributed by atoms with Gasteiger partial charge in [0, 0.05) is 21.8 Å². The number of esters is 1. The third-order valence-electron chi connectivity index (χ3n) is 6.11. The van der Waals surface area contributed by atoms with Crippen molar-refractivity contribution in [3.05, 3.63) is 68.7 Å². The second-order valence-electron chi connectivity index (χ2n) is 8.30. The lowest BCUT2D eigenvalue weighted by Crippen LogP contribution is -2.33. The summed E-state index contributed by atoms with van der Waals surface area (Å²) in [6.45, 7) is 4.62. The normalized spacial score (nSPS) is 16.6. The van der Waals surface area contributed by atoms with Crippen LogP contribution in [0.25, 0.3) is 0 Å². The summed E-state index contributed by atoms with van der Waals surface area (Å²) in [6, 6.07) is 11.4. The number of thiophene rings is 1. The Labute approximate surface area is 190 Å². The number of ketones is 1. The first-order chi connectivity index (χ1) is 15.5. The van der Waals surface area contributed by atoms with E-state index in [4.69, 9.17) is 14.2 Å². The lowest BCUT2D eigenvalue weighted by molar-refractivity contribution is 0.0479. The van der Waals surface area contributed by atoms with Crippen LogP contribution in [0.15, 0.2) is 36.4 Å². The molecule has 3 heterocycles. The molecule has 0 fully saturated rings. The van der Waals surface area contributed by atoms with Gasteiger partial charge in [-0.05, 0) is 62.9 Å². The lowest BCUT2D eigenvalue weighted by atomic mass is 10.1. The van der Waals surface area contributed by atoms with Gasteiger partial charge in [-0.2, -0.15) is 0 Å². The van der Waals surface area contributed by atoms with E-state index in [1.54, 1.807) is 0 Å². The molecule has 3 aromatic rings. The van der Waals surface area contributed by atoms with E-state index in [2.05, 4.69) is 4.57 Å². The Balaban J connectivity index is 1.23. The van der Waals surface area contributed by atoms with Crippen LogP contribution in [-0.2, 0) is 24.1 Å². The van der Waals surface area contributed by atoms with Gasteiger partial charge in [-0.3, -0.25) is 4.79 Å². The van der Waals surface area contributed by atoms with Crippen LogP contribution in [0, 0.1) is 13.8 Å². The maximum absolute atomic E-state index is 12.8. The molecule has 1 aromatic carbocycles. The van der Waals surface area contributed by atoms with Crippen molar-refractivity contribution in [2.24, 2.45) is 0 Å². The SMILES string of the molecule is Cc1cc(C(=O)COC(=O)c2cc3c(s2)CCC3)c(C)n1CC1COc2ccccc2O1. The third-order valence-corrected chi connectivity index (χ3v) is 7.33. The van der Waals surface area contributed by atoms with E-state index in [0.717, 1.165) is 42.1 Å². The van der Waals surface area contributed by atoms with Gasteiger partial charge in [-0.15, -0.1) is 11.3 Å². The smallest absolute Gasteiger partial charge is 0.348 e. The molecule has 0 saturated heterocycles. The van der Waals surface area contributed by atoms with E-state index in [-0.39, 0.29) is 18.5 Å². The molecule has 1 atom stereocenters. The molecule has 0 saturated carbocycles. The molecule has 32 heavy (non-hydrogen) atoms. The Hall–Kier alpha value is -3.06. The largest absolute Gasteiger partial charge is 0.486 e. The Morgan fingerprint density at radius 1 is 1.16 bits per heavy atom. The van der Waals surface area contributed by atoms with Gasteiger partial charge >= 0.3 is 5.97 Å².